The van der Waals surface area contributed by atoms with Gasteiger partial charge in [0.25, 0.3) is 0 Å². The molecule has 7 heteroatoms. The summed E-state index contributed by atoms with van der Waals surface area (Å²) < 4.78 is 18.5. The van der Waals surface area contributed by atoms with Gasteiger partial charge in [0.15, 0.2) is 5.96 Å². The minimum absolute atomic E-state index is 0. The molecule has 32 heavy (non-hydrogen) atoms. The number of benzene rings is 2. The minimum atomic E-state index is -0.898. The van der Waals surface area contributed by atoms with Crippen LogP contribution in [0.5, 0.6) is 0 Å². The monoisotopic (exact) mass is 569 g/mol. The average Bonchev–Trinajstić information content (AvgIpc) is 2.79. The minimum Gasteiger partial charge on any atom is -0.373 e. The van der Waals surface area contributed by atoms with Crippen LogP contribution in [0.25, 0.3) is 0 Å². The molecule has 0 aromatic heterocycles. The van der Waals surface area contributed by atoms with Crippen molar-refractivity contribution in [3.63, 3.8) is 0 Å². The topological polar surface area (TPSA) is 62.7 Å². The number of hydrogen-bond donors (Lipinski definition) is 2. The molecule has 0 spiro atoms. The summed E-state index contributed by atoms with van der Waals surface area (Å²) in [4.78, 5) is 4.83. The van der Waals surface area contributed by atoms with Crippen molar-refractivity contribution in [2.75, 3.05) is 32.0 Å². The van der Waals surface area contributed by atoms with Gasteiger partial charge in [0, 0.05) is 54.5 Å². The summed E-state index contributed by atoms with van der Waals surface area (Å²) in [5.74, 6) is 2.33. The quantitative estimate of drug-likeness (QED) is 0.264. The van der Waals surface area contributed by atoms with E-state index in [1.165, 1.54) is 11.1 Å². The maximum Gasteiger partial charge on any atom is 0.191 e. The van der Waals surface area contributed by atoms with Gasteiger partial charge in [-0.1, -0.05) is 60.2 Å². The van der Waals surface area contributed by atoms with Crippen molar-refractivity contribution in [3.05, 3.63) is 71.3 Å². The van der Waals surface area contributed by atoms with Crippen LogP contribution in [-0.2, 0) is 21.3 Å². The van der Waals surface area contributed by atoms with Crippen LogP contribution in [0.3, 0.4) is 0 Å². The maximum atomic E-state index is 12.4. The van der Waals surface area contributed by atoms with Crippen LogP contribution in [0.2, 0.25) is 0 Å². The Morgan fingerprint density at radius 2 is 1.88 bits per heavy atom. The number of halogens is 1. The fourth-order valence-corrected chi connectivity index (χ4v) is 4.86. The second-order valence-corrected chi connectivity index (χ2v) is 9.60. The van der Waals surface area contributed by atoms with Gasteiger partial charge >= 0.3 is 0 Å². The van der Waals surface area contributed by atoms with Crippen LogP contribution in [0.1, 0.15) is 42.6 Å². The summed E-state index contributed by atoms with van der Waals surface area (Å²) in [5.41, 5.74) is 3.61. The summed E-state index contributed by atoms with van der Waals surface area (Å²) in [5, 5.41) is 6.65. The van der Waals surface area contributed by atoms with E-state index in [9.17, 15) is 4.21 Å². The molecule has 2 aromatic carbocycles. The van der Waals surface area contributed by atoms with Gasteiger partial charge < -0.3 is 15.4 Å². The Bertz CT molecular complexity index is 846. The van der Waals surface area contributed by atoms with E-state index >= 15 is 0 Å². The molecular weight excluding hydrogens is 533 g/mol. The maximum absolute atomic E-state index is 12.4. The Morgan fingerprint density at radius 3 is 2.59 bits per heavy atom. The van der Waals surface area contributed by atoms with E-state index in [1.807, 2.05) is 30.3 Å². The van der Waals surface area contributed by atoms with Crippen LogP contribution in [-0.4, -0.2) is 42.2 Å². The van der Waals surface area contributed by atoms with Crippen LogP contribution >= 0.6 is 24.0 Å². The van der Waals surface area contributed by atoms with Crippen LogP contribution in [0.15, 0.2) is 59.6 Å². The average molecular weight is 570 g/mol. The molecule has 1 heterocycles. The Hall–Kier alpha value is -1.45. The molecule has 3 rings (SSSR count). The molecular formula is C25H36IN3O2S. The molecule has 2 aromatic rings. The lowest BCUT2D eigenvalue weighted by atomic mass is 9.89. The predicted molar refractivity (Wildman–Crippen MR) is 145 cm³/mol. The molecule has 0 radical (unpaired) electrons. The van der Waals surface area contributed by atoms with Gasteiger partial charge in [-0.2, -0.15) is 0 Å². The van der Waals surface area contributed by atoms with E-state index in [0.29, 0.717) is 30.5 Å². The second-order valence-electron chi connectivity index (χ2n) is 8.02. The number of aryl methyl sites for hydroxylation is 1. The van der Waals surface area contributed by atoms with Gasteiger partial charge in [0.1, 0.15) is 0 Å². The lowest BCUT2D eigenvalue weighted by molar-refractivity contribution is -0.0250. The van der Waals surface area contributed by atoms with Gasteiger partial charge in [0.05, 0.1) is 6.10 Å². The van der Waals surface area contributed by atoms with Crippen molar-refractivity contribution in [2.24, 2.45) is 10.9 Å². The largest absolute Gasteiger partial charge is 0.373 e. The van der Waals surface area contributed by atoms with Gasteiger partial charge in [-0.05, 0) is 37.8 Å². The van der Waals surface area contributed by atoms with Crippen molar-refractivity contribution < 1.29 is 8.95 Å². The smallest absolute Gasteiger partial charge is 0.191 e. The number of aliphatic imine (C=N–C) groups is 1. The Morgan fingerprint density at radius 1 is 1.12 bits per heavy atom. The van der Waals surface area contributed by atoms with Crippen molar-refractivity contribution in [3.8, 4) is 0 Å². The van der Waals surface area contributed by atoms with Crippen molar-refractivity contribution in [1.29, 1.82) is 0 Å². The molecule has 1 aliphatic rings. The summed E-state index contributed by atoms with van der Waals surface area (Å²) >= 11 is 0. The zero-order valence-corrected chi connectivity index (χ0v) is 22.2. The SMILES string of the molecule is CCNC(=NCC1CCCOC1c1ccc(C)cc1)NCCS(=O)Cc1ccccc1.I. The first-order chi connectivity index (χ1) is 15.2. The normalized spacial score (nSPS) is 19.6. The Kier molecular flexibility index (Phi) is 12.3. The van der Waals surface area contributed by atoms with Crippen molar-refractivity contribution in [1.82, 2.24) is 10.6 Å². The summed E-state index contributed by atoms with van der Waals surface area (Å²) in [6.45, 7) is 7.11. The highest BCUT2D eigenvalue weighted by Gasteiger charge is 2.27. The molecule has 0 bridgehead atoms. The summed E-state index contributed by atoms with van der Waals surface area (Å²) in [6.07, 6.45) is 2.28. The molecule has 1 aliphatic heterocycles. The molecule has 3 atom stereocenters. The van der Waals surface area contributed by atoms with Gasteiger partial charge in [0.2, 0.25) is 0 Å². The van der Waals surface area contributed by atoms with Crippen molar-refractivity contribution >= 4 is 40.7 Å². The third-order valence-electron chi connectivity index (χ3n) is 5.47. The number of ether oxygens (including phenoxy) is 1. The van der Waals surface area contributed by atoms with Gasteiger partial charge in [-0.3, -0.25) is 9.20 Å². The molecule has 5 nitrogen and oxygen atoms in total. The molecule has 176 valence electrons. The zero-order valence-electron chi connectivity index (χ0n) is 19.1. The molecule has 1 saturated heterocycles. The lowest BCUT2D eigenvalue weighted by Crippen LogP contribution is -2.40. The Balaban J connectivity index is 0.00000363. The summed E-state index contributed by atoms with van der Waals surface area (Å²) in [6, 6.07) is 18.6. The first kappa shape index (κ1) is 26.8. The van der Waals surface area contributed by atoms with E-state index in [4.69, 9.17) is 9.73 Å². The van der Waals surface area contributed by atoms with Crippen LogP contribution in [0, 0.1) is 12.8 Å². The highest BCUT2D eigenvalue weighted by Crippen LogP contribution is 2.33. The molecule has 0 amide bonds. The lowest BCUT2D eigenvalue weighted by Gasteiger charge is -2.31. The molecule has 0 saturated carbocycles. The first-order valence-electron chi connectivity index (χ1n) is 11.2. The number of nitrogens with zero attached hydrogens (tertiary/aromatic N) is 1. The molecule has 2 N–H and O–H groups in total. The van der Waals surface area contributed by atoms with E-state index in [0.717, 1.165) is 37.5 Å². The van der Waals surface area contributed by atoms with Crippen molar-refractivity contribution in [2.45, 2.75) is 38.5 Å². The first-order valence-corrected chi connectivity index (χ1v) is 12.7. The third kappa shape index (κ3) is 8.83. The van der Waals surface area contributed by atoms with Gasteiger partial charge in [-0.25, -0.2) is 0 Å². The number of guanidine groups is 1. The highest BCUT2D eigenvalue weighted by atomic mass is 127. The molecule has 3 unspecified atom stereocenters. The standard InChI is InChI=1S/C25H35N3O2S.HI/c1-3-26-25(27-15-17-31(29)19-21-8-5-4-6-9-21)28-18-23-10-7-16-30-24(23)22-13-11-20(2)12-14-22;/h4-6,8-9,11-14,23-24H,3,7,10,15-19H2,1-2H3,(H2,26,27,28);1H. The number of hydrogen-bond acceptors (Lipinski definition) is 3. The summed E-state index contributed by atoms with van der Waals surface area (Å²) in [7, 11) is -0.898. The second kappa shape index (κ2) is 14.6. The highest BCUT2D eigenvalue weighted by molar-refractivity contribution is 14.0. The van der Waals surface area contributed by atoms with Crippen LogP contribution < -0.4 is 10.6 Å². The van der Waals surface area contributed by atoms with E-state index < -0.39 is 10.8 Å². The fraction of sp³-hybridized carbons (Fsp3) is 0.480. The Labute approximate surface area is 212 Å². The van der Waals surface area contributed by atoms with E-state index in [1.54, 1.807) is 0 Å². The number of rotatable bonds is 9. The zero-order chi connectivity index (χ0) is 21.9. The fourth-order valence-electron chi connectivity index (χ4n) is 3.82. The molecule has 0 aliphatic carbocycles. The number of nitrogens with one attached hydrogen (secondary N) is 2. The van der Waals surface area contributed by atoms with E-state index in [-0.39, 0.29) is 30.1 Å². The predicted octanol–water partition coefficient (Wildman–Crippen LogP) is 4.58. The third-order valence-corrected chi connectivity index (χ3v) is 6.79. The molecule has 1 fully saturated rings. The van der Waals surface area contributed by atoms with Gasteiger partial charge in [-0.15, -0.1) is 24.0 Å². The van der Waals surface area contributed by atoms with E-state index in [2.05, 4.69) is 48.7 Å². The van der Waals surface area contributed by atoms with Crippen LogP contribution in [0.4, 0.5) is 0 Å².